The van der Waals surface area contributed by atoms with Gasteiger partial charge in [-0.2, -0.15) is 0 Å². The molecular weight excluding hydrogens is 250 g/mol. The van der Waals surface area contributed by atoms with Crippen LogP contribution in [-0.2, 0) is 0 Å². The average Bonchev–Trinajstić information content (AvgIpc) is 2.63. The molecule has 3 rings (SSSR count). The predicted molar refractivity (Wildman–Crippen MR) is 66.8 cm³/mol. The molecule has 0 saturated heterocycles. The van der Waals surface area contributed by atoms with Gasteiger partial charge in [0.05, 0.1) is 5.69 Å². The second-order valence-corrected chi connectivity index (χ2v) is 4.31. The molecule has 0 fully saturated rings. The molecule has 0 atom stereocenters. The second kappa shape index (κ2) is 3.96. The number of hydrogen-bond acceptors (Lipinski definition) is 3. The van der Waals surface area contributed by atoms with Gasteiger partial charge in [-0.25, -0.2) is 4.98 Å². The summed E-state index contributed by atoms with van der Waals surface area (Å²) in [7, 11) is 0. The van der Waals surface area contributed by atoms with Crippen LogP contribution in [0, 0.1) is 0 Å². The molecule has 3 nitrogen and oxygen atoms in total. The number of halogens is 1. The zero-order valence-electron chi connectivity index (χ0n) is 9.18. The largest absolute Gasteiger partial charge is 0.871 e. The fourth-order valence-corrected chi connectivity index (χ4v) is 2.20. The maximum absolute atomic E-state index is 12.2. The van der Waals surface area contributed by atoms with Gasteiger partial charge in [-0.1, -0.05) is 47.7 Å². The SMILES string of the molecule is O=C1C(c2cccc(Cl)n2)=C([O-])c2ccccc21. The summed E-state index contributed by atoms with van der Waals surface area (Å²) in [5.41, 5.74) is 1.28. The number of nitrogens with zero attached hydrogens (tertiary/aromatic N) is 1. The van der Waals surface area contributed by atoms with E-state index in [1.165, 1.54) is 0 Å². The average molecular weight is 257 g/mol. The summed E-state index contributed by atoms with van der Waals surface area (Å²) >= 11 is 5.78. The molecule has 0 N–H and O–H groups in total. The number of ketones is 1. The van der Waals surface area contributed by atoms with Gasteiger partial charge in [-0.05, 0) is 17.7 Å². The van der Waals surface area contributed by atoms with E-state index in [2.05, 4.69) is 4.98 Å². The van der Waals surface area contributed by atoms with Crippen LogP contribution in [0.4, 0.5) is 0 Å². The lowest BCUT2D eigenvalue weighted by Gasteiger charge is -2.10. The van der Waals surface area contributed by atoms with Crippen molar-refractivity contribution in [3.05, 3.63) is 64.4 Å². The number of carbonyl (C=O) groups excluding carboxylic acids is 1. The fourth-order valence-electron chi connectivity index (χ4n) is 2.03. The van der Waals surface area contributed by atoms with Gasteiger partial charge in [-0.3, -0.25) is 4.79 Å². The highest BCUT2D eigenvalue weighted by atomic mass is 35.5. The molecule has 0 spiro atoms. The molecular formula is C14H7ClNO2-. The van der Waals surface area contributed by atoms with Crippen molar-refractivity contribution in [2.45, 2.75) is 0 Å². The van der Waals surface area contributed by atoms with Gasteiger partial charge >= 0.3 is 0 Å². The predicted octanol–water partition coefficient (Wildman–Crippen LogP) is 2.16. The van der Waals surface area contributed by atoms with Crippen LogP contribution < -0.4 is 5.11 Å². The molecule has 0 saturated carbocycles. The number of aromatic nitrogens is 1. The Balaban J connectivity index is 2.21. The summed E-state index contributed by atoms with van der Waals surface area (Å²) in [5.74, 6) is -0.573. The van der Waals surface area contributed by atoms with E-state index in [1.54, 1.807) is 42.5 Å². The van der Waals surface area contributed by atoms with Crippen LogP contribution in [0.5, 0.6) is 0 Å². The number of pyridine rings is 1. The van der Waals surface area contributed by atoms with E-state index in [0.29, 0.717) is 16.8 Å². The number of benzene rings is 1. The maximum atomic E-state index is 12.2. The Morgan fingerprint density at radius 3 is 2.39 bits per heavy atom. The highest BCUT2D eigenvalue weighted by Crippen LogP contribution is 2.34. The van der Waals surface area contributed by atoms with Crippen LogP contribution in [-0.4, -0.2) is 10.8 Å². The normalized spacial score (nSPS) is 13.9. The molecule has 4 heteroatoms. The molecule has 18 heavy (non-hydrogen) atoms. The summed E-state index contributed by atoms with van der Waals surface area (Å²) in [5, 5.41) is 12.4. The maximum Gasteiger partial charge on any atom is 0.195 e. The van der Waals surface area contributed by atoms with Crippen LogP contribution in [0.25, 0.3) is 11.3 Å². The Bertz CT molecular complexity index is 692. The van der Waals surface area contributed by atoms with E-state index >= 15 is 0 Å². The first-order chi connectivity index (χ1) is 8.68. The summed E-state index contributed by atoms with van der Waals surface area (Å²) in [6, 6.07) is 11.6. The van der Waals surface area contributed by atoms with Crippen LogP contribution >= 0.6 is 11.6 Å². The molecule has 1 heterocycles. The Morgan fingerprint density at radius 2 is 1.72 bits per heavy atom. The monoisotopic (exact) mass is 256 g/mol. The number of Topliss-reactive ketones (excluding diaryl/α,β-unsaturated/α-hetero) is 1. The number of rotatable bonds is 1. The van der Waals surface area contributed by atoms with Crippen molar-refractivity contribution >= 4 is 28.7 Å². The minimum Gasteiger partial charge on any atom is -0.871 e. The van der Waals surface area contributed by atoms with Crippen LogP contribution in [0.2, 0.25) is 5.15 Å². The first kappa shape index (κ1) is 11.0. The van der Waals surface area contributed by atoms with Crippen molar-refractivity contribution < 1.29 is 9.90 Å². The van der Waals surface area contributed by atoms with Crippen LogP contribution in [0.15, 0.2) is 42.5 Å². The van der Waals surface area contributed by atoms with Gasteiger partial charge in [0, 0.05) is 11.1 Å². The van der Waals surface area contributed by atoms with Gasteiger partial charge in [0.25, 0.3) is 0 Å². The minimum absolute atomic E-state index is 0.0960. The van der Waals surface area contributed by atoms with Gasteiger partial charge in [-0.15, -0.1) is 0 Å². The summed E-state index contributed by atoms with van der Waals surface area (Å²) in [4.78, 5) is 16.2. The molecule has 2 aromatic rings. The van der Waals surface area contributed by atoms with Crippen molar-refractivity contribution in [1.29, 1.82) is 0 Å². The van der Waals surface area contributed by atoms with Crippen molar-refractivity contribution in [3.8, 4) is 0 Å². The summed E-state index contributed by atoms with van der Waals surface area (Å²) < 4.78 is 0. The Kier molecular flexibility index (Phi) is 2.42. The quantitative estimate of drug-likeness (QED) is 0.735. The lowest BCUT2D eigenvalue weighted by Crippen LogP contribution is -2.04. The first-order valence-corrected chi connectivity index (χ1v) is 5.74. The zero-order chi connectivity index (χ0) is 12.7. The van der Waals surface area contributed by atoms with E-state index in [-0.39, 0.29) is 22.3 Å². The van der Waals surface area contributed by atoms with Crippen molar-refractivity contribution in [2.75, 3.05) is 0 Å². The van der Waals surface area contributed by atoms with Crippen molar-refractivity contribution in [2.24, 2.45) is 0 Å². The molecule has 0 aliphatic heterocycles. The lowest BCUT2D eigenvalue weighted by atomic mass is 10.1. The van der Waals surface area contributed by atoms with Crippen LogP contribution in [0.3, 0.4) is 0 Å². The molecule has 0 unspecified atom stereocenters. The molecule has 0 radical (unpaired) electrons. The number of fused-ring (bicyclic) bond motifs is 1. The topological polar surface area (TPSA) is 53.0 Å². The highest BCUT2D eigenvalue weighted by Gasteiger charge is 2.26. The lowest BCUT2D eigenvalue weighted by molar-refractivity contribution is -0.242. The summed E-state index contributed by atoms with van der Waals surface area (Å²) in [6.07, 6.45) is 0. The molecule has 1 aromatic carbocycles. The Labute approximate surface area is 108 Å². The fraction of sp³-hybridized carbons (Fsp3) is 0. The van der Waals surface area contributed by atoms with Gasteiger partial charge < -0.3 is 5.11 Å². The number of hydrogen-bond donors (Lipinski definition) is 0. The summed E-state index contributed by atoms with van der Waals surface area (Å²) in [6.45, 7) is 0. The van der Waals surface area contributed by atoms with E-state index in [4.69, 9.17) is 11.6 Å². The second-order valence-electron chi connectivity index (χ2n) is 3.92. The van der Waals surface area contributed by atoms with Gasteiger partial charge in [0.15, 0.2) is 5.78 Å². The van der Waals surface area contributed by atoms with Gasteiger partial charge in [0.2, 0.25) is 0 Å². The molecule has 88 valence electrons. The molecule has 1 aromatic heterocycles. The Morgan fingerprint density at radius 1 is 1.00 bits per heavy atom. The minimum atomic E-state index is -0.287. The van der Waals surface area contributed by atoms with Gasteiger partial charge in [0.1, 0.15) is 5.15 Å². The molecule has 0 bridgehead atoms. The highest BCUT2D eigenvalue weighted by molar-refractivity contribution is 6.38. The smallest absolute Gasteiger partial charge is 0.195 e. The third-order valence-electron chi connectivity index (χ3n) is 2.84. The third-order valence-corrected chi connectivity index (χ3v) is 3.05. The van der Waals surface area contributed by atoms with Crippen LogP contribution in [0.1, 0.15) is 21.6 Å². The molecule has 0 amide bonds. The standard InChI is InChI=1S/C14H8ClNO2/c15-11-7-3-6-10(16-11)12-13(17)8-4-1-2-5-9(8)14(12)18/h1-7,17H/p-1. The molecule has 1 aliphatic carbocycles. The molecule has 1 aliphatic rings. The van der Waals surface area contributed by atoms with E-state index in [0.717, 1.165) is 0 Å². The van der Waals surface area contributed by atoms with E-state index in [9.17, 15) is 9.90 Å². The van der Waals surface area contributed by atoms with E-state index in [1.807, 2.05) is 0 Å². The third kappa shape index (κ3) is 1.52. The Hall–Kier alpha value is -2.13. The number of carbonyl (C=O) groups is 1. The zero-order valence-corrected chi connectivity index (χ0v) is 9.94. The van der Waals surface area contributed by atoms with Crippen molar-refractivity contribution in [3.63, 3.8) is 0 Å². The van der Waals surface area contributed by atoms with Crippen molar-refractivity contribution in [1.82, 2.24) is 4.98 Å². The van der Waals surface area contributed by atoms with E-state index < -0.39 is 0 Å². The number of allylic oxidation sites excluding steroid dienone is 1. The first-order valence-electron chi connectivity index (χ1n) is 5.37.